The van der Waals surface area contributed by atoms with Gasteiger partial charge in [0.25, 0.3) is 0 Å². The smallest absolute Gasteiger partial charge is 0.0984 e. The molecule has 0 heterocycles. The Labute approximate surface area is 120 Å². The van der Waals surface area contributed by atoms with Crippen molar-refractivity contribution in [2.45, 2.75) is 19.1 Å². The second kappa shape index (κ2) is 7.20. The van der Waals surface area contributed by atoms with Gasteiger partial charge in [-0.25, -0.2) is 0 Å². The predicted molar refractivity (Wildman–Crippen MR) is 82.4 cm³/mol. The molecule has 0 aromatic heterocycles. The highest BCUT2D eigenvalue weighted by atomic mass is 16.3. The number of hydrogen-bond acceptors (Lipinski definition) is 3. The highest BCUT2D eigenvalue weighted by molar-refractivity contribution is 5.28. The lowest BCUT2D eigenvalue weighted by molar-refractivity contribution is 0.129. The van der Waals surface area contributed by atoms with Gasteiger partial charge in [-0.15, -0.1) is 0 Å². The third-order valence-corrected chi connectivity index (χ3v) is 3.40. The first-order chi connectivity index (χ1) is 9.72. The second-order valence-electron chi connectivity index (χ2n) is 4.99. The highest BCUT2D eigenvalue weighted by Gasteiger charge is 2.21. The SMILES string of the molecule is Cc1ccc([C@H](O)[C@@H](NCCN)c2ccccc2)cc1. The molecule has 0 fully saturated rings. The molecule has 0 amide bonds. The molecule has 2 atom stereocenters. The van der Waals surface area contributed by atoms with Crippen LogP contribution in [0.25, 0.3) is 0 Å². The molecular formula is C17H22N2O. The number of nitrogens with two attached hydrogens (primary N) is 1. The second-order valence-corrected chi connectivity index (χ2v) is 4.99. The highest BCUT2D eigenvalue weighted by Crippen LogP contribution is 2.28. The summed E-state index contributed by atoms with van der Waals surface area (Å²) >= 11 is 0. The molecule has 3 nitrogen and oxygen atoms in total. The van der Waals surface area contributed by atoms with E-state index in [2.05, 4.69) is 5.32 Å². The average molecular weight is 270 g/mol. The zero-order valence-corrected chi connectivity index (χ0v) is 11.8. The fourth-order valence-corrected chi connectivity index (χ4v) is 2.27. The van der Waals surface area contributed by atoms with Crippen molar-refractivity contribution < 1.29 is 5.11 Å². The van der Waals surface area contributed by atoms with Gasteiger partial charge >= 0.3 is 0 Å². The zero-order chi connectivity index (χ0) is 14.4. The number of aryl methyl sites for hydroxylation is 1. The molecule has 2 aromatic carbocycles. The molecule has 4 N–H and O–H groups in total. The van der Waals surface area contributed by atoms with Crippen molar-refractivity contribution in [3.8, 4) is 0 Å². The van der Waals surface area contributed by atoms with E-state index in [1.807, 2.05) is 61.5 Å². The Morgan fingerprint density at radius 3 is 2.25 bits per heavy atom. The van der Waals surface area contributed by atoms with Crippen molar-refractivity contribution in [1.82, 2.24) is 5.32 Å². The molecule has 0 saturated heterocycles. The molecular weight excluding hydrogens is 248 g/mol. The van der Waals surface area contributed by atoms with Crippen LogP contribution in [0, 0.1) is 6.92 Å². The summed E-state index contributed by atoms with van der Waals surface area (Å²) in [4.78, 5) is 0. The number of aliphatic hydroxyl groups is 1. The summed E-state index contributed by atoms with van der Waals surface area (Å²) in [5, 5.41) is 14.0. The maximum atomic E-state index is 10.6. The average Bonchev–Trinajstić information content (AvgIpc) is 2.49. The Bertz CT molecular complexity index is 510. The lowest BCUT2D eigenvalue weighted by atomic mass is 9.95. The number of aliphatic hydroxyl groups excluding tert-OH is 1. The van der Waals surface area contributed by atoms with Gasteiger partial charge < -0.3 is 16.2 Å². The summed E-state index contributed by atoms with van der Waals surface area (Å²) < 4.78 is 0. The Hall–Kier alpha value is -1.68. The van der Waals surface area contributed by atoms with Gasteiger partial charge in [-0.1, -0.05) is 60.2 Å². The largest absolute Gasteiger partial charge is 0.386 e. The van der Waals surface area contributed by atoms with Crippen molar-refractivity contribution in [2.24, 2.45) is 5.73 Å². The first-order valence-corrected chi connectivity index (χ1v) is 6.95. The number of nitrogens with one attached hydrogen (secondary N) is 1. The van der Waals surface area contributed by atoms with Crippen LogP contribution in [0.4, 0.5) is 0 Å². The number of rotatable bonds is 6. The molecule has 0 aliphatic heterocycles. The monoisotopic (exact) mass is 270 g/mol. The maximum Gasteiger partial charge on any atom is 0.0984 e. The Morgan fingerprint density at radius 1 is 1.00 bits per heavy atom. The van der Waals surface area contributed by atoms with Crippen molar-refractivity contribution in [2.75, 3.05) is 13.1 Å². The Balaban J connectivity index is 2.23. The van der Waals surface area contributed by atoms with Gasteiger partial charge in [-0.2, -0.15) is 0 Å². The van der Waals surface area contributed by atoms with E-state index in [1.165, 1.54) is 5.56 Å². The first kappa shape index (κ1) is 14.7. The van der Waals surface area contributed by atoms with Crippen molar-refractivity contribution in [1.29, 1.82) is 0 Å². The van der Waals surface area contributed by atoms with E-state index in [0.717, 1.165) is 11.1 Å². The zero-order valence-electron chi connectivity index (χ0n) is 11.8. The minimum Gasteiger partial charge on any atom is -0.386 e. The predicted octanol–water partition coefficient (Wildman–Crippen LogP) is 2.32. The van der Waals surface area contributed by atoms with Crippen LogP contribution in [-0.2, 0) is 0 Å². The van der Waals surface area contributed by atoms with Gasteiger partial charge in [0.05, 0.1) is 12.1 Å². The Morgan fingerprint density at radius 2 is 1.65 bits per heavy atom. The molecule has 2 rings (SSSR count). The van der Waals surface area contributed by atoms with Crippen molar-refractivity contribution in [3.05, 3.63) is 71.3 Å². The van der Waals surface area contributed by atoms with Gasteiger partial charge in [0, 0.05) is 13.1 Å². The normalized spacial score (nSPS) is 13.9. The maximum absolute atomic E-state index is 10.6. The number of hydrogen-bond donors (Lipinski definition) is 3. The third-order valence-electron chi connectivity index (χ3n) is 3.40. The first-order valence-electron chi connectivity index (χ1n) is 6.95. The van der Waals surface area contributed by atoms with Crippen LogP contribution in [0.5, 0.6) is 0 Å². The van der Waals surface area contributed by atoms with Gasteiger partial charge in [-0.05, 0) is 18.1 Å². The standard InChI is InChI=1S/C17H22N2O/c1-13-7-9-15(10-8-13)17(20)16(19-12-11-18)14-5-3-2-4-6-14/h2-10,16-17,19-20H,11-12,18H2,1H3/t16-,17-/m0/s1. The van der Waals surface area contributed by atoms with E-state index in [4.69, 9.17) is 5.73 Å². The summed E-state index contributed by atoms with van der Waals surface area (Å²) in [5.41, 5.74) is 8.73. The summed E-state index contributed by atoms with van der Waals surface area (Å²) in [6.45, 7) is 3.25. The van der Waals surface area contributed by atoms with Gasteiger partial charge in [0.15, 0.2) is 0 Å². The van der Waals surface area contributed by atoms with Crippen LogP contribution >= 0.6 is 0 Å². The molecule has 0 bridgehead atoms. The molecule has 0 aliphatic carbocycles. The van der Waals surface area contributed by atoms with E-state index in [0.29, 0.717) is 13.1 Å². The molecule has 106 valence electrons. The Kier molecular flexibility index (Phi) is 5.30. The molecule has 0 aliphatic rings. The molecule has 2 aromatic rings. The number of benzene rings is 2. The van der Waals surface area contributed by atoms with Crippen LogP contribution in [-0.4, -0.2) is 18.2 Å². The third kappa shape index (κ3) is 3.67. The summed E-state index contributed by atoms with van der Waals surface area (Å²) in [6, 6.07) is 17.8. The van der Waals surface area contributed by atoms with Crippen LogP contribution in [0.3, 0.4) is 0 Å². The van der Waals surface area contributed by atoms with Crippen LogP contribution in [0.15, 0.2) is 54.6 Å². The van der Waals surface area contributed by atoms with Crippen molar-refractivity contribution in [3.63, 3.8) is 0 Å². The van der Waals surface area contributed by atoms with E-state index < -0.39 is 6.10 Å². The van der Waals surface area contributed by atoms with E-state index in [1.54, 1.807) is 0 Å². The van der Waals surface area contributed by atoms with Crippen LogP contribution < -0.4 is 11.1 Å². The lowest BCUT2D eigenvalue weighted by Crippen LogP contribution is -2.31. The fourth-order valence-electron chi connectivity index (χ4n) is 2.27. The lowest BCUT2D eigenvalue weighted by Gasteiger charge is -2.25. The van der Waals surface area contributed by atoms with E-state index in [-0.39, 0.29) is 6.04 Å². The quantitative estimate of drug-likeness (QED) is 0.755. The van der Waals surface area contributed by atoms with E-state index in [9.17, 15) is 5.11 Å². The van der Waals surface area contributed by atoms with Crippen molar-refractivity contribution >= 4 is 0 Å². The summed E-state index contributed by atoms with van der Waals surface area (Å²) in [5.74, 6) is 0. The topological polar surface area (TPSA) is 58.3 Å². The molecule has 20 heavy (non-hydrogen) atoms. The molecule has 0 spiro atoms. The minimum atomic E-state index is -0.593. The van der Waals surface area contributed by atoms with Crippen LogP contribution in [0.2, 0.25) is 0 Å². The minimum absolute atomic E-state index is 0.151. The molecule has 0 radical (unpaired) electrons. The molecule has 0 unspecified atom stereocenters. The van der Waals surface area contributed by atoms with Gasteiger partial charge in [0.2, 0.25) is 0 Å². The summed E-state index contributed by atoms with van der Waals surface area (Å²) in [7, 11) is 0. The fraction of sp³-hybridized carbons (Fsp3) is 0.294. The molecule has 0 saturated carbocycles. The molecule has 3 heteroatoms. The summed E-state index contributed by atoms with van der Waals surface area (Å²) in [6.07, 6.45) is -0.593. The van der Waals surface area contributed by atoms with Gasteiger partial charge in [-0.3, -0.25) is 0 Å². The van der Waals surface area contributed by atoms with Crippen LogP contribution in [0.1, 0.15) is 28.8 Å². The van der Waals surface area contributed by atoms with E-state index >= 15 is 0 Å². The van der Waals surface area contributed by atoms with Gasteiger partial charge in [0.1, 0.15) is 0 Å².